The zero-order valence-electron chi connectivity index (χ0n) is 16.9. The molecule has 0 N–H and O–H groups in total. The van der Waals surface area contributed by atoms with Gasteiger partial charge in [0.05, 0.1) is 0 Å². The summed E-state index contributed by atoms with van der Waals surface area (Å²) in [5.41, 5.74) is 3.45. The summed E-state index contributed by atoms with van der Waals surface area (Å²) >= 11 is 0.122. The molecule has 0 aromatic rings. The molecule has 128 valence electrons. The number of hydrogen-bond acceptors (Lipinski definition) is 0. The fraction of sp³-hybridized carbons (Fsp3) is 1.00. The second-order valence-corrected chi connectivity index (χ2v) is 37.2. The maximum atomic E-state index is 2.57. The third-order valence-electron chi connectivity index (χ3n) is 5.77. The van der Waals surface area contributed by atoms with Gasteiger partial charge >= 0.3 is 147 Å². The van der Waals surface area contributed by atoms with Crippen LogP contribution in [0.15, 0.2) is 0 Å². The molecule has 0 aromatic heterocycles. The summed E-state index contributed by atoms with van der Waals surface area (Å²) in [6, 6.07) is 0. The fourth-order valence-electron chi connectivity index (χ4n) is 5.01. The van der Waals surface area contributed by atoms with Crippen molar-refractivity contribution < 1.29 is 0 Å². The van der Waals surface area contributed by atoms with Crippen molar-refractivity contribution in [3.63, 3.8) is 0 Å². The van der Waals surface area contributed by atoms with Gasteiger partial charge in [0.25, 0.3) is 0 Å². The first kappa shape index (κ1) is 22.2. The van der Waals surface area contributed by atoms with E-state index in [9.17, 15) is 0 Å². The Morgan fingerprint density at radius 3 is 0.619 bits per heavy atom. The van der Waals surface area contributed by atoms with Crippen molar-refractivity contribution in [2.75, 3.05) is 0 Å². The number of hydrogen-bond donors (Lipinski definition) is 0. The molecule has 21 heavy (non-hydrogen) atoms. The Balaban J connectivity index is 6.06. The van der Waals surface area contributed by atoms with E-state index in [1.165, 1.54) is 0 Å². The molecule has 3 heteroatoms. The average Bonchev–Trinajstić information content (AvgIpc) is 2.26. The average molecular weight is 442 g/mol. The summed E-state index contributed by atoms with van der Waals surface area (Å²) < 4.78 is 0. The van der Waals surface area contributed by atoms with Gasteiger partial charge < -0.3 is 0 Å². The molecule has 0 aromatic carbocycles. The second kappa shape index (κ2) is 8.36. The summed E-state index contributed by atoms with van der Waals surface area (Å²) in [7, 11) is 0. The molecule has 0 unspecified atom stereocenters. The van der Waals surface area contributed by atoms with E-state index in [1.54, 1.807) is 0 Å². The van der Waals surface area contributed by atoms with Crippen molar-refractivity contribution in [3.05, 3.63) is 0 Å². The maximum absolute atomic E-state index is 2.57. The summed E-state index contributed by atoms with van der Waals surface area (Å²) in [6.07, 6.45) is 0. The van der Waals surface area contributed by atoms with Gasteiger partial charge in [0.15, 0.2) is 0 Å². The molecule has 0 bridgehead atoms. The van der Waals surface area contributed by atoms with Crippen LogP contribution in [0.25, 0.3) is 0 Å². The van der Waals surface area contributed by atoms with E-state index in [-0.39, 0.29) is 19.3 Å². The van der Waals surface area contributed by atoms with Crippen LogP contribution in [-0.2, 0) is 0 Å². The second-order valence-electron chi connectivity index (χ2n) is 8.74. The standard InChI is InChI=1S/C18H42Si2Te/c1-13(2)19(14(3)4,15(5)6)21-20(16(7)8,17(9)10)18(11)12/h13-18H,1-12H3. The zero-order valence-corrected chi connectivity index (χ0v) is 21.2. The van der Waals surface area contributed by atoms with Gasteiger partial charge in [0.1, 0.15) is 0 Å². The molecule has 0 atom stereocenters. The summed E-state index contributed by atoms with van der Waals surface area (Å²) in [4.78, 5) is 0. The van der Waals surface area contributed by atoms with Crippen LogP contribution in [0.1, 0.15) is 83.1 Å². The van der Waals surface area contributed by atoms with Crippen molar-refractivity contribution in [1.29, 1.82) is 0 Å². The van der Waals surface area contributed by atoms with E-state index in [4.69, 9.17) is 0 Å². The first-order valence-corrected chi connectivity index (χ1v) is 20.3. The Kier molecular flexibility index (Phi) is 8.85. The Morgan fingerprint density at radius 1 is 0.381 bits per heavy atom. The molecule has 0 aliphatic rings. The molecule has 0 saturated heterocycles. The summed E-state index contributed by atoms with van der Waals surface area (Å²) in [6.45, 7) is 30.8. The Morgan fingerprint density at radius 2 is 0.524 bits per heavy atom. The van der Waals surface area contributed by atoms with Gasteiger partial charge in [0, 0.05) is 0 Å². The van der Waals surface area contributed by atoms with Crippen molar-refractivity contribution in [2.24, 2.45) is 0 Å². The topological polar surface area (TPSA) is 0 Å². The van der Waals surface area contributed by atoms with E-state index in [0.717, 1.165) is 33.2 Å². The van der Waals surface area contributed by atoms with Gasteiger partial charge in [-0.05, 0) is 0 Å². The Labute approximate surface area is 146 Å². The molecule has 0 spiro atoms. The van der Waals surface area contributed by atoms with E-state index in [1.807, 2.05) is 0 Å². The van der Waals surface area contributed by atoms with E-state index in [2.05, 4.69) is 83.1 Å². The molecular weight excluding hydrogens is 400 g/mol. The Bertz CT molecular complexity index is 233. The van der Waals surface area contributed by atoms with E-state index in [0.29, 0.717) is 0 Å². The van der Waals surface area contributed by atoms with Crippen LogP contribution >= 0.6 is 0 Å². The van der Waals surface area contributed by atoms with Crippen molar-refractivity contribution in [1.82, 2.24) is 0 Å². The summed E-state index contributed by atoms with van der Waals surface area (Å²) in [5, 5.41) is 0. The predicted octanol–water partition coefficient (Wildman–Crippen LogP) is 7.04. The van der Waals surface area contributed by atoms with Gasteiger partial charge in [-0.15, -0.1) is 0 Å². The quantitative estimate of drug-likeness (QED) is 0.354. The molecular formula is C18H42Si2Te. The minimum absolute atomic E-state index is 0.122. The van der Waals surface area contributed by atoms with Gasteiger partial charge in [-0.1, -0.05) is 0 Å². The third-order valence-corrected chi connectivity index (χ3v) is 61.8. The SMILES string of the molecule is CC(C)[Si]([Te][Si](C(C)C)(C(C)C)C(C)C)(C(C)C)C(C)C. The molecule has 0 rings (SSSR count). The fourth-order valence-corrected chi connectivity index (χ4v) is 73.2. The van der Waals surface area contributed by atoms with Gasteiger partial charge in [0.2, 0.25) is 0 Å². The van der Waals surface area contributed by atoms with Gasteiger partial charge in [-0.2, -0.15) is 0 Å². The normalized spacial score (nSPS) is 14.6. The van der Waals surface area contributed by atoms with Crippen molar-refractivity contribution in [2.45, 2.75) is 116 Å². The molecule has 0 fully saturated rings. The molecule has 0 amide bonds. The van der Waals surface area contributed by atoms with Crippen molar-refractivity contribution in [3.8, 4) is 0 Å². The van der Waals surface area contributed by atoms with Crippen LogP contribution in [0.2, 0.25) is 33.2 Å². The van der Waals surface area contributed by atoms with Crippen LogP contribution in [0, 0.1) is 0 Å². The van der Waals surface area contributed by atoms with E-state index < -0.39 is 11.2 Å². The van der Waals surface area contributed by atoms with Crippen LogP contribution < -0.4 is 0 Å². The van der Waals surface area contributed by atoms with Gasteiger partial charge in [-0.3, -0.25) is 0 Å². The van der Waals surface area contributed by atoms with Crippen LogP contribution in [0.3, 0.4) is 0 Å². The first-order valence-electron chi connectivity index (χ1n) is 9.07. The van der Waals surface area contributed by atoms with Crippen LogP contribution in [0.5, 0.6) is 0 Å². The monoisotopic (exact) mass is 444 g/mol. The zero-order chi connectivity index (χ0) is 17.2. The van der Waals surface area contributed by atoms with Gasteiger partial charge in [-0.25, -0.2) is 0 Å². The summed E-state index contributed by atoms with van der Waals surface area (Å²) in [5.74, 6) is 0. The van der Waals surface area contributed by atoms with E-state index >= 15 is 0 Å². The van der Waals surface area contributed by atoms with Crippen molar-refractivity contribution >= 4 is 30.6 Å². The minimum atomic E-state index is -1.16. The molecule has 0 radical (unpaired) electrons. The molecule has 0 aliphatic carbocycles. The Hall–Kier alpha value is 1.22. The van der Waals surface area contributed by atoms with Crippen LogP contribution in [0.4, 0.5) is 0 Å². The molecule has 0 saturated carbocycles. The molecule has 0 aliphatic heterocycles. The molecule has 0 nitrogen and oxygen atoms in total. The predicted molar refractivity (Wildman–Crippen MR) is 108 cm³/mol. The molecule has 0 heterocycles. The van der Waals surface area contributed by atoms with Crippen LogP contribution in [-0.4, -0.2) is 30.6 Å². The number of rotatable bonds is 8. The first-order chi connectivity index (χ1) is 9.37. The third kappa shape index (κ3) is 4.20.